The molecule has 1 aromatic heterocycles. The van der Waals surface area contributed by atoms with E-state index in [0.29, 0.717) is 17.1 Å². The van der Waals surface area contributed by atoms with E-state index in [1.165, 1.54) is 33.8 Å². The Balaban J connectivity index is 1.85. The molecule has 1 amide bonds. The van der Waals surface area contributed by atoms with Crippen LogP contribution >= 0.6 is 0 Å². The summed E-state index contributed by atoms with van der Waals surface area (Å²) in [5, 5.41) is 15.2. The number of non-ortho nitro benzene ring substituents is 1. The zero-order valence-corrected chi connectivity index (χ0v) is 15.5. The van der Waals surface area contributed by atoms with Gasteiger partial charge in [-0.15, -0.1) is 5.10 Å². The van der Waals surface area contributed by atoms with Crippen molar-refractivity contribution in [3.63, 3.8) is 0 Å². The zero-order chi connectivity index (χ0) is 20.4. The number of amides is 1. The van der Waals surface area contributed by atoms with Crippen LogP contribution < -0.4 is 0 Å². The van der Waals surface area contributed by atoms with Crippen LogP contribution in [-0.4, -0.2) is 37.5 Å². The second kappa shape index (κ2) is 7.55. The Hall–Kier alpha value is -3.62. The maximum atomic E-state index is 13.1. The number of nitrogens with zero attached hydrogens (tertiary/aromatic N) is 5. The molecule has 0 aliphatic heterocycles. The number of carbonyl (C=O) groups excluding carboxylic acids is 1. The third kappa shape index (κ3) is 3.73. The predicted molar refractivity (Wildman–Crippen MR) is 99.7 cm³/mol. The van der Waals surface area contributed by atoms with Gasteiger partial charge in [-0.3, -0.25) is 14.9 Å². The molecule has 0 fully saturated rings. The van der Waals surface area contributed by atoms with Crippen molar-refractivity contribution in [1.29, 1.82) is 0 Å². The number of benzene rings is 2. The molecule has 0 bridgehead atoms. The van der Waals surface area contributed by atoms with E-state index in [2.05, 4.69) is 10.1 Å². The summed E-state index contributed by atoms with van der Waals surface area (Å²) in [6.07, 6.45) is 0. The Bertz CT molecular complexity index is 1030. The summed E-state index contributed by atoms with van der Waals surface area (Å²) in [6.45, 7) is 3.46. The van der Waals surface area contributed by atoms with Crippen LogP contribution in [0.3, 0.4) is 0 Å². The van der Waals surface area contributed by atoms with Crippen molar-refractivity contribution in [2.45, 2.75) is 19.9 Å². The number of hydrogen-bond acceptors (Lipinski definition) is 5. The number of carbonyl (C=O) groups is 1. The van der Waals surface area contributed by atoms with Gasteiger partial charge in [0.25, 0.3) is 11.6 Å². The standard InChI is InChI=1S/C19H18FN5O3/c1-12(14-5-4-6-17(11-14)25(27)28)23(3)19(26)18-21-13(2)24(22-18)16-9-7-15(20)8-10-16/h4-12H,1-3H3/t12-/m0/s1. The molecule has 1 heterocycles. The van der Waals surface area contributed by atoms with Gasteiger partial charge in [0.15, 0.2) is 0 Å². The summed E-state index contributed by atoms with van der Waals surface area (Å²) in [6, 6.07) is 11.4. The van der Waals surface area contributed by atoms with Crippen LogP contribution in [0.2, 0.25) is 0 Å². The quantitative estimate of drug-likeness (QED) is 0.497. The number of halogens is 1. The van der Waals surface area contributed by atoms with Gasteiger partial charge in [-0.05, 0) is 43.7 Å². The fourth-order valence-electron chi connectivity index (χ4n) is 2.76. The van der Waals surface area contributed by atoms with Gasteiger partial charge in [-0.2, -0.15) is 0 Å². The van der Waals surface area contributed by atoms with Gasteiger partial charge < -0.3 is 4.90 Å². The van der Waals surface area contributed by atoms with E-state index < -0.39 is 16.9 Å². The topological polar surface area (TPSA) is 94.2 Å². The molecule has 0 aliphatic rings. The molecule has 0 aliphatic carbocycles. The average molecular weight is 383 g/mol. The largest absolute Gasteiger partial charge is 0.332 e. The number of hydrogen-bond donors (Lipinski definition) is 0. The number of aryl methyl sites for hydroxylation is 1. The van der Waals surface area contributed by atoms with Crippen molar-refractivity contribution in [3.05, 3.63) is 81.7 Å². The van der Waals surface area contributed by atoms with Gasteiger partial charge in [0.1, 0.15) is 11.6 Å². The predicted octanol–water partition coefficient (Wildman–Crippen LogP) is 3.46. The van der Waals surface area contributed by atoms with E-state index in [0.717, 1.165) is 0 Å². The molecule has 144 valence electrons. The molecule has 0 radical (unpaired) electrons. The molecule has 0 spiro atoms. The second-order valence-corrected chi connectivity index (χ2v) is 6.31. The average Bonchev–Trinajstić information content (AvgIpc) is 3.08. The molecule has 0 saturated heterocycles. The minimum absolute atomic E-state index is 0.0124. The number of nitro benzene ring substituents is 1. The van der Waals surface area contributed by atoms with Gasteiger partial charge in [0.05, 0.1) is 16.7 Å². The molecule has 0 unspecified atom stereocenters. The Morgan fingerprint density at radius 1 is 1.25 bits per heavy atom. The van der Waals surface area contributed by atoms with Crippen LogP contribution in [0.1, 0.15) is 35.0 Å². The first-order valence-corrected chi connectivity index (χ1v) is 8.49. The summed E-state index contributed by atoms with van der Waals surface area (Å²) >= 11 is 0. The Labute approximate surface area is 160 Å². The highest BCUT2D eigenvalue weighted by Crippen LogP contribution is 2.24. The smallest absolute Gasteiger partial charge is 0.293 e. The lowest BCUT2D eigenvalue weighted by Gasteiger charge is -2.24. The van der Waals surface area contributed by atoms with Crippen LogP contribution in [0.25, 0.3) is 5.69 Å². The third-order valence-corrected chi connectivity index (χ3v) is 4.50. The molecule has 2 aromatic carbocycles. The molecular weight excluding hydrogens is 365 g/mol. The van der Waals surface area contributed by atoms with Gasteiger partial charge in [-0.1, -0.05) is 12.1 Å². The summed E-state index contributed by atoms with van der Waals surface area (Å²) in [5.74, 6) is -0.334. The zero-order valence-electron chi connectivity index (χ0n) is 15.5. The fraction of sp³-hybridized carbons (Fsp3) is 0.211. The molecular formula is C19H18FN5O3. The second-order valence-electron chi connectivity index (χ2n) is 6.31. The summed E-state index contributed by atoms with van der Waals surface area (Å²) in [4.78, 5) is 29.0. The fourth-order valence-corrected chi connectivity index (χ4v) is 2.76. The summed E-state index contributed by atoms with van der Waals surface area (Å²) in [5.41, 5.74) is 1.17. The van der Waals surface area contributed by atoms with Crippen molar-refractivity contribution >= 4 is 11.6 Å². The maximum Gasteiger partial charge on any atom is 0.293 e. The van der Waals surface area contributed by atoms with Crippen molar-refractivity contribution in [3.8, 4) is 5.69 Å². The van der Waals surface area contributed by atoms with E-state index in [4.69, 9.17) is 0 Å². The maximum absolute atomic E-state index is 13.1. The molecule has 3 rings (SSSR count). The molecule has 0 saturated carbocycles. The van der Waals surface area contributed by atoms with Crippen LogP contribution in [-0.2, 0) is 0 Å². The van der Waals surface area contributed by atoms with Gasteiger partial charge in [-0.25, -0.2) is 14.1 Å². The minimum Gasteiger partial charge on any atom is -0.332 e. The first-order valence-electron chi connectivity index (χ1n) is 8.49. The summed E-state index contributed by atoms with van der Waals surface area (Å²) in [7, 11) is 1.58. The SMILES string of the molecule is Cc1nc(C(=O)N(C)[C@@H](C)c2cccc([N+](=O)[O-])c2)nn1-c1ccc(F)cc1. The Morgan fingerprint density at radius 2 is 1.93 bits per heavy atom. The van der Waals surface area contributed by atoms with Crippen LogP contribution in [0.15, 0.2) is 48.5 Å². The molecule has 28 heavy (non-hydrogen) atoms. The molecule has 8 nitrogen and oxygen atoms in total. The number of rotatable bonds is 5. The lowest BCUT2D eigenvalue weighted by molar-refractivity contribution is -0.384. The highest BCUT2D eigenvalue weighted by atomic mass is 19.1. The van der Waals surface area contributed by atoms with E-state index in [-0.39, 0.29) is 17.3 Å². The van der Waals surface area contributed by atoms with Crippen molar-refractivity contribution in [1.82, 2.24) is 19.7 Å². The number of nitro groups is 1. The van der Waals surface area contributed by atoms with E-state index in [1.807, 2.05) is 0 Å². The molecule has 0 N–H and O–H groups in total. The molecule has 1 atom stereocenters. The number of aromatic nitrogens is 3. The van der Waals surface area contributed by atoms with E-state index in [1.54, 1.807) is 45.2 Å². The normalized spacial score (nSPS) is 11.9. The first kappa shape index (κ1) is 19.2. The highest BCUT2D eigenvalue weighted by Gasteiger charge is 2.24. The summed E-state index contributed by atoms with van der Waals surface area (Å²) < 4.78 is 14.6. The van der Waals surface area contributed by atoms with Crippen LogP contribution in [0.5, 0.6) is 0 Å². The Morgan fingerprint density at radius 3 is 2.57 bits per heavy atom. The van der Waals surface area contributed by atoms with Crippen molar-refractivity contribution in [2.24, 2.45) is 0 Å². The Kier molecular flexibility index (Phi) is 5.16. The minimum atomic E-state index is -0.479. The van der Waals surface area contributed by atoms with E-state index in [9.17, 15) is 19.3 Å². The van der Waals surface area contributed by atoms with Crippen molar-refractivity contribution in [2.75, 3.05) is 7.05 Å². The lowest BCUT2D eigenvalue weighted by Crippen LogP contribution is -2.30. The monoisotopic (exact) mass is 383 g/mol. The lowest BCUT2D eigenvalue weighted by atomic mass is 10.1. The van der Waals surface area contributed by atoms with Crippen LogP contribution in [0, 0.1) is 22.9 Å². The third-order valence-electron chi connectivity index (χ3n) is 4.50. The van der Waals surface area contributed by atoms with Gasteiger partial charge >= 0.3 is 0 Å². The van der Waals surface area contributed by atoms with Gasteiger partial charge in [0, 0.05) is 19.2 Å². The van der Waals surface area contributed by atoms with Crippen molar-refractivity contribution < 1.29 is 14.1 Å². The first-order chi connectivity index (χ1) is 13.3. The van der Waals surface area contributed by atoms with Crippen LogP contribution in [0.4, 0.5) is 10.1 Å². The van der Waals surface area contributed by atoms with Gasteiger partial charge in [0.2, 0.25) is 5.82 Å². The molecule has 3 aromatic rings. The van der Waals surface area contributed by atoms with E-state index >= 15 is 0 Å². The highest BCUT2D eigenvalue weighted by molar-refractivity contribution is 5.90. The molecule has 9 heteroatoms.